The fourth-order valence-electron chi connectivity index (χ4n) is 3.62. The predicted molar refractivity (Wildman–Crippen MR) is 88.6 cm³/mol. The van der Waals surface area contributed by atoms with E-state index >= 15 is 0 Å². The van der Waals surface area contributed by atoms with Gasteiger partial charge in [-0.3, -0.25) is 4.90 Å². The molecule has 116 valence electrons. The minimum Gasteiger partial charge on any atom is -0.324 e. The molecule has 2 unspecified atom stereocenters. The second-order valence-corrected chi connectivity index (χ2v) is 6.87. The number of rotatable bonds is 4. The Labute approximate surface area is 133 Å². The molecule has 0 aliphatic carbocycles. The summed E-state index contributed by atoms with van der Waals surface area (Å²) < 4.78 is 0. The predicted octanol–water partition coefficient (Wildman–Crippen LogP) is 2.90. The molecule has 1 aromatic rings. The molecule has 0 bridgehead atoms. The molecule has 2 heterocycles. The first-order chi connectivity index (χ1) is 10.2. The number of fused-ring (bicyclic) bond motifs is 1. The molecule has 0 aromatic heterocycles. The molecule has 2 atom stereocenters. The van der Waals surface area contributed by atoms with E-state index in [1.807, 2.05) is 24.3 Å². The maximum atomic E-state index is 6.31. The van der Waals surface area contributed by atoms with Gasteiger partial charge in [0.1, 0.15) is 0 Å². The highest BCUT2D eigenvalue weighted by Gasteiger charge is 2.28. The van der Waals surface area contributed by atoms with Gasteiger partial charge in [0.2, 0.25) is 0 Å². The molecule has 2 N–H and O–H groups in total. The average molecular weight is 308 g/mol. The van der Waals surface area contributed by atoms with Crippen molar-refractivity contribution in [2.45, 2.75) is 37.8 Å². The molecule has 3 rings (SSSR count). The van der Waals surface area contributed by atoms with Gasteiger partial charge in [0.15, 0.2) is 0 Å². The number of hydrogen-bond acceptors (Lipinski definition) is 3. The second kappa shape index (κ2) is 7.10. The van der Waals surface area contributed by atoms with Crippen molar-refractivity contribution in [1.82, 2.24) is 9.80 Å². The van der Waals surface area contributed by atoms with Crippen LogP contribution < -0.4 is 5.73 Å². The van der Waals surface area contributed by atoms with Crippen molar-refractivity contribution >= 4 is 11.6 Å². The van der Waals surface area contributed by atoms with E-state index in [1.54, 1.807) is 0 Å². The van der Waals surface area contributed by atoms with E-state index in [4.69, 9.17) is 17.3 Å². The summed E-state index contributed by atoms with van der Waals surface area (Å²) in [7, 11) is 0. The van der Waals surface area contributed by atoms with Crippen LogP contribution in [0.1, 0.15) is 37.3 Å². The zero-order valence-electron chi connectivity index (χ0n) is 12.7. The van der Waals surface area contributed by atoms with Gasteiger partial charge in [-0.15, -0.1) is 0 Å². The molecule has 1 aromatic carbocycles. The Balaban J connectivity index is 1.47. The first-order valence-corrected chi connectivity index (χ1v) is 8.57. The lowest BCUT2D eigenvalue weighted by molar-refractivity contribution is 0.0481. The van der Waals surface area contributed by atoms with E-state index in [1.165, 1.54) is 51.0 Å². The van der Waals surface area contributed by atoms with Gasteiger partial charge in [0, 0.05) is 43.3 Å². The fraction of sp³-hybridized carbons (Fsp3) is 0.647. The van der Waals surface area contributed by atoms with Crippen LogP contribution in [0.5, 0.6) is 0 Å². The third-order valence-corrected chi connectivity index (χ3v) is 5.23. The molecule has 4 heteroatoms. The Morgan fingerprint density at radius 3 is 2.76 bits per heavy atom. The van der Waals surface area contributed by atoms with Crippen LogP contribution in [-0.4, -0.2) is 48.6 Å². The molecule has 2 saturated heterocycles. The lowest BCUT2D eigenvalue weighted by atomic mass is 9.99. The van der Waals surface area contributed by atoms with Crippen molar-refractivity contribution in [3.05, 3.63) is 34.9 Å². The number of nitrogens with zero attached hydrogens (tertiary/aromatic N) is 2. The number of piperidine rings is 1. The smallest absolute Gasteiger partial charge is 0.0406 e. The molecule has 0 radical (unpaired) electrons. The summed E-state index contributed by atoms with van der Waals surface area (Å²) in [6, 6.07) is 8.86. The summed E-state index contributed by atoms with van der Waals surface area (Å²) >= 11 is 5.93. The van der Waals surface area contributed by atoms with Gasteiger partial charge < -0.3 is 10.6 Å². The van der Waals surface area contributed by atoms with Crippen LogP contribution in [0.4, 0.5) is 0 Å². The molecule has 3 nitrogen and oxygen atoms in total. The summed E-state index contributed by atoms with van der Waals surface area (Å²) in [5, 5.41) is 0.777. The Bertz CT molecular complexity index is 448. The van der Waals surface area contributed by atoms with Gasteiger partial charge in [-0.2, -0.15) is 0 Å². The van der Waals surface area contributed by atoms with Gasteiger partial charge in [-0.05, 0) is 43.5 Å². The third-order valence-electron chi connectivity index (χ3n) is 4.98. The monoisotopic (exact) mass is 307 g/mol. The number of benzene rings is 1. The van der Waals surface area contributed by atoms with E-state index < -0.39 is 0 Å². The summed E-state index contributed by atoms with van der Waals surface area (Å²) in [5.41, 5.74) is 7.50. The highest BCUT2D eigenvalue weighted by Crippen LogP contribution is 2.22. The Morgan fingerprint density at radius 1 is 1.14 bits per heavy atom. The number of piperazine rings is 1. The normalized spacial score (nSPS) is 25.5. The fourth-order valence-corrected chi connectivity index (χ4v) is 3.75. The van der Waals surface area contributed by atoms with Gasteiger partial charge in [-0.1, -0.05) is 30.2 Å². The molecule has 0 saturated carbocycles. The lowest BCUT2D eigenvalue weighted by Crippen LogP contribution is -2.54. The van der Waals surface area contributed by atoms with Crippen molar-refractivity contribution in [3.8, 4) is 0 Å². The molecule has 2 aliphatic rings. The topological polar surface area (TPSA) is 32.5 Å². The summed E-state index contributed by atoms with van der Waals surface area (Å²) in [4.78, 5) is 5.28. The number of halogens is 1. The molecule has 0 amide bonds. The molecular weight excluding hydrogens is 282 g/mol. The maximum absolute atomic E-state index is 6.31. The molecule has 2 aliphatic heterocycles. The van der Waals surface area contributed by atoms with Gasteiger partial charge in [0.25, 0.3) is 0 Å². The zero-order valence-corrected chi connectivity index (χ0v) is 13.4. The van der Waals surface area contributed by atoms with E-state index in [2.05, 4.69) is 9.80 Å². The third kappa shape index (κ3) is 3.98. The number of nitrogens with two attached hydrogens (primary N) is 1. The average Bonchev–Trinajstić information content (AvgIpc) is 2.53. The number of hydrogen-bond donors (Lipinski definition) is 1. The van der Waals surface area contributed by atoms with Crippen LogP contribution in [0.3, 0.4) is 0 Å². The second-order valence-electron chi connectivity index (χ2n) is 6.43. The first-order valence-electron chi connectivity index (χ1n) is 8.20. The van der Waals surface area contributed by atoms with Gasteiger partial charge in [-0.25, -0.2) is 0 Å². The van der Waals surface area contributed by atoms with Crippen molar-refractivity contribution in [2.75, 3.05) is 32.7 Å². The quantitative estimate of drug-likeness (QED) is 0.928. The van der Waals surface area contributed by atoms with Gasteiger partial charge >= 0.3 is 0 Å². The highest BCUT2D eigenvalue weighted by molar-refractivity contribution is 6.30. The van der Waals surface area contributed by atoms with Crippen LogP contribution in [-0.2, 0) is 0 Å². The minimum absolute atomic E-state index is 0.117. The minimum atomic E-state index is 0.117. The molecule has 2 fully saturated rings. The molecular formula is C17H26ClN3. The zero-order chi connectivity index (χ0) is 14.7. The summed E-state index contributed by atoms with van der Waals surface area (Å²) in [6.45, 7) is 6.08. The van der Waals surface area contributed by atoms with E-state index in [0.717, 1.165) is 24.0 Å². The van der Waals surface area contributed by atoms with Crippen LogP contribution in [0.2, 0.25) is 5.02 Å². The van der Waals surface area contributed by atoms with Crippen molar-refractivity contribution < 1.29 is 0 Å². The summed E-state index contributed by atoms with van der Waals surface area (Å²) in [5.74, 6) is 0. The Kier molecular flexibility index (Phi) is 5.17. The summed E-state index contributed by atoms with van der Waals surface area (Å²) in [6.07, 6.45) is 5.19. The lowest BCUT2D eigenvalue weighted by Gasteiger charge is -2.44. The van der Waals surface area contributed by atoms with E-state index in [-0.39, 0.29) is 6.04 Å². The van der Waals surface area contributed by atoms with Crippen LogP contribution in [0.15, 0.2) is 24.3 Å². The first kappa shape index (κ1) is 15.3. The van der Waals surface area contributed by atoms with Crippen LogP contribution in [0, 0.1) is 0 Å². The molecule has 0 spiro atoms. The van der Waals surface area contributed by atoms with Crippen molar-refractivity contribution in [1.29, 1.82) is 0 Å². The van der Waals surface area contributed by atoms with E-state index in [9.17, 15) is 0 Å². The Morgan fingerprint density at radius 2 is 1.95 bits per heavy atom. The largest absolute Gasteiger partial charge is 0.324 e. The molecule has 21 heavy (non-hydrogen) atoms. The Hall–Kier alpha value is -0.610. The van der Waals surface area contributed by atoms with Crippen molar-refractivity contribution in [3.63, 3.8) is 0 Å². The highest BCUT2D eigenvalue weighted by atomic mass is 35.5. The standard InChI is InChI=1S/C17H26ClN3/c18-15-6-4-14(5-7-15)17(19)8-10-20-11-12-21-9-2-1-3-16(21)13-20/h4-7,16-17H,1-3,8-13,19H2. The van der Waals surface area contributed by atoms with Crippen LogP contribution in [0.25, 0.3) is 0 Å². The van der Waals surface area contributed by atoms with Crippen LogP contribution >= 0.6 is 11.6 Å². The van der Waals surface area contributed by atoms with Gasteiger partial charge in [0.05, 0.1) is 0 Å². The van der Waals surface area contributed by atoms with Crippen molar-refractivity contribution in [2.24, 2.45) is 5.73 Å². The SMILES string of the molecule is NC(CCN1CCN2CCCCC2C1)c1ccc(Cl)cc1. The maximum Gasteiger partial charge on any atom is 0.0406 e. The van der Waals surface area contributed by atoms with E-state index in [0.29, 0.717) is 0 Å².